The van der Waals surface area contributed by atoms with E-state index in [2.05, 4.69) is 5.32 Å². The molecule has 4 aromatic rings. The molecule has 1 aromatic heterocycles. The molecule has 2 unspecified atom stereocenters. The Morgan fingerprint density at radius 1 is 0.905 bits per heavy atom. The van der Waals surface area contributed by atoms with Gasteiger partial charge in [0.1, 0.15) is 18.2 Å². The zero-order valence-corrected chi connectivity index (χ0v) is 22.9. The van der Waals surface area contributed by atoms with Crippen LogP contribution >= 0.6 is 0 Å². The monoisotopic (exact) mass is 565 g/mol. The standard InChI is InChI=1S/C33H31N3O6/c34-25-18-27(24-14-8-3-9-15-24)36(32(40)31(25)28(37)17-16-22-10-4-1-5-11-22)20-29(38)35-26-19-30(39)42-33(26)41-21-23-12-6-2-7-13-23/h1-15,18,26,33H,16-17,19-21,34H2,(H,35,38). The molecule has 1 aliphatic heterocycles. The minimum Gasteiger partial charge on any atom is -0.433 e. The van der Waals surface area contributed by atoms with E-state index >= 15 is 0 Å². The van der Waals surface area contributed by atoms with Gasteiger partial charge in [0, 0.05) is 6.42 Å². The van der Waals surface area contributed by atoms with Crippen LogP contribution in [0.15, 0.2) is 102 Å². The number of benzene rings is 3. The maximum absolute atomic E-state index is 13.8. The molecule has 1 amide bonds. The summed E-state index contributed by atoms with van der Waals surface area (Å²) in [5, 5.41) is 2.77. The molecule has 9 heteroatoms. The van der Waals surface area contributed by atoms with Gasteiger partial charge in [0.25, 0.3) is 5.56 Å². The topological polar surface area (TPSA) is 130 Å². The first-order valence-corrected chi connectivity index (χ1v) is 13.7. The van der Waals surface area contributed by atoms with Crippen molar-refractivity contribution in [3.8, 4) is 11.3 Å². The van der Waals surface area contributed by atoms with Crippen molar-refractivity contribution >= 4 is 23.3 Å². The molecule has 0 bridgehead atoms. The lowest BCUT2D eigenvalue weighted by molar-refractivity contribution is -0.168. The van der Waals surface area contributed by atoms with Crippen molar-refractivity contribution in [2.75, 3.05) is 5.73 Å². The van der Waals surface area contributed by atoms with E-state index in [4.69, 9.17) is 15.2 Å². The van der Waals surface area contributed by atoms with Crippen LogP contribution in [0.1, 0.15) is 34.3 Å². The Morgan fingerprint density at radius 2 is 1.52 bits per heavy atom. The second-order valence-corrected chi connectivity index (χ2v) is 10.1. The number of ether oxygens (including phenoxy) is 2. The van der Waals surface area contributed by atoms with Crippen molar-refractivity contribution in [3.05, 3.63) is 124 Å². The van der Waals surface area contributed by atoms with Crippen LogP contribution in [0.5, 0.6) is 0 Å². The van der Waals surface area contributed by atoms with Gasteiger partial charge < -0.3 is 20.5 Å². The van der Waals surface area contributed by atoms with Crippen molar-refractivity contribution < 1.29 is 23.9 Å². The number of aromatic nitrogens is 1. The fourth-order valence-electron chi connectivity index (χ4n) is 4.93. The Bertz CT molecular complexity index is 1620. The van der Waals surface area contributed by atoms with E-state index < -0.39 is 42.1 Å². The van der Waals surface area contributed by atoms with Crippen LogP contribution in [-0.2, 0) is 38.6 Å². The van der Waals surface area contributed by atoms with E-state index in [1.807, 2.05) is 66.7 Å². The van der Waals surface area contributed by atoms with Crippen LogP contribution in [0.3, 0.4) is 0 Å². The predicted molar refractivity (Wildman–Crippen MR) is 157 cm³/mol. The van der Waals surface area contributed by atoms with Gasteiger partial charge in [0.2, 0.25) is 12.2 Å². The minimum atomic E-state index is -0.978. The normalized spacial score (nSPS) is 16.1. The molecule has 0 radical (unpaired) electrons. The number of Topliss-reactive ketones (excluding diaryl/α,β-unsaturated/α-hetero) is 1. The number of nitrogens with zero attached hydrogens (tertiary/aromatic N) is 1. The number of nitrogens with one attached hydrogen (secondary N) is 1. The zero-order valence-electron chi connectivity index (χ0n) is 22.9. The van der Waals surface area contributed by atoms with Crippen molar-refractivity contribution in [2.45, 2.75) is 44.7 Å². The number of carbonyl (C=O) groups is 3. The number of pyridine rings is 1. The molecule has 42 heavy (non-hydrogen) atoms. The number of nitrogen functional groups attached to an aromatic ring is 1. The van der Waals surface area contributed by atoms with Crippen molar-refractivity contribution in [1.29, 1.82) is 0 Å². The summed E-state index contributed by atoms with van der Waals surface area (Å²) in [6.07, 6.45) is -0.521. The number of nitrogens with two attached hydrogens (primary N) is 1. The fourth-order valence-corrected chi connectivity index (χ4v) is 4.93. The first-order valence-electron chi connectivity index (χ1n) is 13.7. The zero-order chi connectivity index (χ0) is 29.5. The molecule has 1 fully saturated rings. The summed E-state index contributed by atoms with van der Waals surface area (Å²) in [5.74, 6) is -1.45. The summed E-state index contributed by atoms with van der Waals surface area (Å²) in [6.45, 7) is -0.215. The van der Waals surface area contributed by atoms with Gasteiger partial charge in [-0.3, -0.25) is 23.7 Å². The Hall–Kier alpha value is -5.02. The van der Waals surface area contributed by atoms with Crippen molar-refractivity contribution in [2.24, 2.45) is 0 Å². The summed E-state index contributed by atoms with van der Waals surface area (Å²) >= 11 is 0. The highest BCUT2D eigenvalue weighted by Crippen LogP contribution is 2.24. The van der Waals surface area contributed by atoms with E-state index in [9.17, 15) is 19.2 Å². The van der Waals surface area contributed by atoms with Crippen LogP contribution in [0, 0.1) is 0 Å². The van der Waals surface area contributed by atoms with Crippen LogP contribution in [0.4, 0.5) is 5.69 Å². The Balaban J connectivity index is 1.37. The highest BCUT2D eigenvalue weighted by Gasteiger charge is 2.37. The highest BCUT2D eigenvalue weighted by atomic mass is 16.7. The average Bonchev–Trinajstić information content (AvgIpc) is 3.36. The summed E-state index contributed by atoms with van der Waals surface area (Å²) in [5.41, 5.74) is 8.41. The van der Waals surface area contributed by atoms with Gasteiger partial charge in [-0.1, -0.05) is 91.0 Å². The number of esters is 1. The molecule has 3 aromatic carbocycles. The Morgan fingerprint density at radius 3 is 2.19 bits per heavy atom. The van der Waals surface area contributed by atoms with Crippen LogP contribution in [-0.4, -0.2) is 34.6 Å². The molecule has 0 saturated carbocycles. The molecule has 3 N–H and O–H groups in total. The maximum Gasteiger partial charge on any atom is 0.310 e. The van der Waals surface area contributed by atoms with Crippen molar-refractivity contribution in [1.82, 2.24) is 9.88 Å². The smallest absolute Gasteiger partial charge is 0.310 e. The minimum absolute atomic E-state index is 0.0535. The number of amides is 1. The predicted octanol–water partition coefficient (Wildman–Crippen LogP) is 3.89. The molecule has 1 aliphatic rings. The lowest BCUT2D eigenvalue weighted by atomic mass is 10.0. The molecule has 214 valence electrons. The van der Waals surface area contributed by atoms with Gasteiger partial charge in [0.05, 0.1) is 24.4 Å². The molecule has 2 atom stereocenters. The van der Waals surface area contributed by atoms with Gasteiger partial charge in [-0.25, -0.2) is 0 Å². The molecule has 2 heterocycles. The number of hydrogen-bond donors (Lipinski definition) is 2. The molecule has 1 saturated heterocycles. The second-order valence-electron chi connectivity index (χ2n) is 10.1. The van der Waals surface area contributed by atoms with Crippen LogP contribution in [0.25, 0.3) is 11.3 Å². The quantitative estimate of drug-likeness (QED) is 0.209. The molecule has 0 aliphatic carbocycles. The largest absolute Gasteiger partial charge is 0.433 e. The maximum atomic E-state index is 13.8. The number of hydrogen-bond acceptors (Lipinski definition) is 7. The van der Waals surface area contributed by atoms with Crippen LogP contribution in [0.2, 0.25) is 0 Å². The Kier molecular flexibility index (Phi) is 8.89. The van der Waals surface area contributed by atoms with Gasteiger partial charge in [-0.05, 0) is 29.2 Å². The summed E-state index contributed by atoms with van der Waals surface area (Å²) in [7, 11) is 0. The van der Waals surface area contributed by atoms with E-state index in [1.54, 1.807) is 30.3 Å². The van der Waals surface area contributed by atoms with E-state index in [0.717, 1.165) is 11.1 Å². The molecule has 9 nitrogen and oxygen atoms in total. The summed E-state index contributed by atoms with van der Waals surface area (Å²) in [4.78, 5) is 52.4. The number of carbonyl (C=O) groups excluding carboxylic acids is 3. The van der Waals surface area contributed by atoms with E-state index in [0.29, 0.717) is 17.7 Å². The van der Waals surface area contributed by atoms with Crippen molar-refractivity contribution in [3.63, 3.8) is 0 Å². The highest BCUT2D eigenvalue weighted by molar-refractivity contribution is 6.01. The number of anilines is 1. The third-order valence-corrected chi connectivity index (χ3v) is 7.03. The number of ketones is 1. The van der Waals surface area contributed by atoms with E-state index in [1.165, 1.54) is 4.57 Å². The van der Waals surface area contributed by atoms with Gasteiger partial charge in [-0.2, -0.15) is 0 Å². The molecular formula is C33H31N3O6. The third-order valence-electron chi connectivity index (χ3n) is 7.03. The summed E-state index contributed by atoms with van der Waals surface area (Å²) in [6, 6.07) is 28.7. The third kappa shape index (κ3) is 6.82. The van der Waals surface area contributed by atoms with Gasteiger partial charge >= 0.3 is 5.97 Å². The first-order chi connectivity index (χ1) is 20.4. The number of cyclic esters (lactones) is 1. The van der Waals surface area contributed by atoms with Gasteiger partial charge in [0.15, 0.2) is 5.78 Å². The second kappa shape index (κ2) is 13.1. The van der Waals surface area contributed by atoms with Gasteiger partial charge in [-0.15, -0.1) is 0 Å². The summed E-state index contributed by atoms with van der Waals surface area (Å²) < 4.78 is 12.3. The van der Waals surface area contributed by atoms with Crippen LogP contribution < -0.4 is 16.6 Å². The molecular weight excluding hydrogens is 534 g/mol. The fraction of sp³-hybridized carbons (Fsp3) is 0.212. The SMILES string of the molecule is Nc1cc(-c2ccccc2)n(CC(=O)NC2CC(=O)OC2OCc2ccccc2)c(=O)c1C(=O)CCc1ccccc1. The molecule has 0 spiro atoms. The molecule has 5 rings (SSSR count). The Labute approximate surface area is 242 Å². The lowest BCUT2D eigenvalue weighted by Gasteiger charge is -2.21. The number of rotatable bonds is 11. The first kappa shape index (κ1) is 28.5. The lowest BCUT2D eigenvalue weighted by Crippen LogP contribution is -2.44. The average molecular weight is 566 g/mol. The van der Waals surface area contributed by atoms with E-state index in [-0.39, 0.29) is 30.7 Å². The number of aryl methyl sites for hydroxylation is 1.